The zero-order valence-electron chi connectivity index (χ0n) is 25.7. The van der Waals surface area contributed by atoms with Crippen LogP contribution in [0.25, 0.3) is 21.8 Å². The van der Waals surface area contributed by atoms with E-state index in [0.29, 0.717) is 33.5 Å². The second-order valence-corrected chi connectivity index (χ2v) is 14.5. The predicted octanol–water partition coefficient (Wildman–Crippen LogP) is 7.44. The van der Waals surface area contributed by atoms with E-state index in [4.69, 9.17) is 0 Å². The van der Waals surface area contributed by atoms with Crippen molar-refractivity contribution in [3.05, 3.63) is 120 Å². The number of carbonyl (C=O) groups is 2. The Morgan fingerprint density at radius 1 is 0.622 bits per heavy atom. The first-order chi connectivity index (χ1) is 22.1. The number of unbranched alkanes of at least 4 members (excludes halogenated alkanes) is 2. The summed E-state index contributed by atoms with van der Waals surface area (Å²) >= 11 is 0.149. The molecule has 0 aliphatic heterocycles. The first-order valence-electron chi connectivity index (χ1n) is 15.3. The Balaban J connectivity index is 0.000000448. The molecule has 0 fully saturated rings. The van der Waals surface area contributed by atoms with Gasteiger partial charge in [0.15, 0.2) is 0 Å². The Morgan fingerprint density at radius 2 is 1.02 bits per heavy atom. The van der Waals surface area contributed by atoms with Crippen molar-refractivity contribution < 1.29 is 9.59 Å². The minimum Gasteiger partial charge on any atom is -0.267 e. The van der Waals surface area contributed by atoms with Gasteiger partial charge in [0, 0.05) is 21.9 Å². The van der Waals surface area contributed by atoms with Crippen molar-refractivity contribution in [3.63, 3.8) is 0 Å². The molecule has 2 N–H and O–H groups in total. The summed E-state index contributed by atoms with van der Waals surface area (Å²) in [6.07, 6.45) is 8.82. The number of rotatable bonds is 12. The molecule has 0 unspecified atom stereocenters. The van der Waals surface area contributed by atoms with Crippen LogP contribution in [0, 0.1) is 0 Å². The van der Waals surface area contributed by atoms with Crippen LogP contribution in [0.15, 0.2) is 107 Å². The summed E-state index contributed by atoms with van der Waals surface area (Å²) in [5, 5.41) is 9.89. The largest absolute Gasteiger partial charge is 0.271 e. The summed E-state index contributed by atoms with van der Waals surface area (Å²) < 4.78 is 3.25. The molecule has 2 heterocycles. The molecule has 2 amide bonds. The SMILES string of the molecule is CCC[CH2][Sn][CH2]CCC.O=C(NN=Cc1ccc2ccc3ccc(C=NNC(=O)c4ccccc4)nc3c2n1)c1ccccc1. The van der Waals surface area contributed by atoms with Crippen LogP contribution in [0.2, 0.25) is 8.87 Å². The molecule has 228 valence electrons. The maximum atomic E-state index is 12.2. The minimum atomic E-state index is -0.303. The van der Waals surface area contributed by atoms with Crippen molar-refractivity contribution in [2.75, 3.05) is 0 Å². The van der Waals surface area contributed by atoms with Gasteiger partial charge in [0.05, 0.1) is 34.9 Å². The molecule has 3 aromatic carbocycles. The third-order valence-corrected chi connectivity index (χ3v) is 10.8. The van der Waals surface area contributed by atoms with Crippen LogP contribution in [-0.2, 0) is 0 Å². The van der Waals surface area contributed by atoms with Crippen LogP contribution in [0.3, 0.4) is 0 Å². The van der Waals surface area contributed by atoms with E-state index < -0.39 is 0 Å². The van der Waals surface area contributed by atoms with E-state index in [1.54, 1.807) is 57.4 Å². The third kappa shape index (κ3) is 10.6. The van der Waals surface area contributed by atoms with Crippen molar-refractivity contribution in [1.82, 2.24) is 20.8 Å². The molecular weight excluding hydrogens is 667 g/mol. The van der Waals surface area contributed by atoms with Gasteiger partial charge in [-0.05, 0) is 36.4 Å². The van der Waals surface area contributed by atoms with E-state index in [-0.39, 0.29) is 33.0 Å². The number of nitrogens with one attached hydrogen (secondary N) is 2. The van der Waals surface area contributed by atoms with Crippen LogP contribution in [0.1, 0.15) is 71.6 Å². The predicted molar refractivity (Wildman–Crippen MR) is 185 cm³/mol. The number of amides is 2. The van der Waals surface area contributed by atoms with Gasteiger partial charge in [-0.2, -0.15) is 10.2 Å². The topological polar surface area (TPSA) is 109 Å². The molecule has 0 atom stereocenters. The summed E-state index contributed by atoms with van der Waals surface area (Å²) in [4.78, 5) is 33.7. The van der Waals surface area contributed by atoms with Crippen molar-refractivity contribution in [2.24, 2.45) is 10.2 Å². The monoisotopic (exact) mass is 706 g/mol. The van der Waals surface area contributed by atoms with Gasteiger partial charge in [-0.1, -0.05) is 60.7 Å². The number of hydrogen-bond acceptors (Lipinski definition) is 6. The van der Waals surface area contributed by atoms with Gasteiger partial charge in [-0.3, -0.25) is 9.59 Å². The van der Waals surface area contributed by atoms with Gasteiger partial charge < -0.3 is 0 Å². The Morgan fingerprint density at radius 3 is 1.42 bits per heavy atom. The van der Waals surface area contributed by atoms with Crippen LogP contribution in [0.5, 0.6) is 0 Å². The number of pyridine rings is 2. The van der Waals surface area contributed by atoms with E-state index >= 15 is 0 Å². The number of hydrazone groups is 2. The summed E-state index contributed by atoms with van der Waals surface area (Å²) in [5.74, 6) is -0.605. The molecular formula is C36H38N6O2Sn. The third-order valence-electron chi connectivity index (χ3n) is 6.77. The zero-order chi connectivity index (χ0) is 31.7. The van der Waals surface area contributed by atoms with Gasteiger partial charge in [0.2, 0.25) is 0 Å². The maximum Gasteiger partial charge on any atom is 0.271 e. The van der Waals surface area contributed by atoms with Crippen molar-refractivity contribution in [1.29, 1.82) is 0 Å². The van der Waals surface area contributed by atoms with Crippen molar-refractivity contribution in [3.8, 4) is 0 Å². The van der Waals surface area contributed by atoms with Gasteiger partial charge in [-0.15, -0.1) is 0 Å². The zero-order valence-corrected chi connectivity index (χ0v) is 28.6. The van der Waals surface area contributed by atoms with E-state index in [0.717, 1.165) is 10.8 Å². The summed E-state index contributed by atoms with van der Waals surface area (Å²) in [7, 11) is 0. The molecule has 0 bridgehead atoms. The molecule has 5 aromatic rings. The number of aromatic nitrogens is 2. The molecule has 2 radical (unpaired) electrons. The van der Waals surface area contributed by atoms with Crippen LogP contribution in [0.4, 0.5) is 0 Å². The second-order valence-electron chi connectivity index (χ2n) is 10.3. The Kier molecular flexibility index (Phi) is 13.7. The molecule has 0 saturated heterocycles. The summed E-state index contributed by atoms with van der Waals surface area (Å²) in [6.45, 7) is 4.58. The Labute approximate surface area is 274 Å². The fourth-order valence-corrected chi connectivity index (χ4v) is 8.45. The minimum absolute atomic E-state index is 0.149. The second kappa shape index (κ2) is 18.4. The van der Waals surface area contributed by atoms with E-state index in [2.05, 4.69) is 44.9 Å². The molecule has 0 saturated carbocycles. The van der Waals surface area contributed by atoms with Gasteiger partial charge in [0.25, 0.3) is 11.8 Å². The fourth-order valence-electron chi connectivity index (χ4n) is 4.29. The molecule has 5 rings (SSSR count). The van der Waals surface area contributed by atoms with Gasteiger partial charge >= 0.3 is 69.5 Å². The van der Waals surface area contributed by atoms with Crippen LogP contribution < -0.4 is 10.9 Å². The smallest absolute Gasteiger partial charge is 0.267 e. The van der Waals surface area contributed by atoms with Gasteiger partial charge in [0.1, 0.15) is 0 Å². The van der Waals surface area contributed by atoms with E-state index in [1.165, 1.54) is 38.1 Å². The fraction of sp³-hybridized carbons (Fsp3) is 0.222. The molecule has 8 nitrogen and oxygen atoms in total. The average Bonchev–Trinajstić information content (AvgIpc) is 3.09. The number of benzene rings is 3. The summed E-state index contributed by atoms with van der Waals surface area (Å²) in [6, 6.07) is 29.1. The molecule has 2 aromatic heterocycles. The number of carbonyl (C=O) groups excluding carboxylic acids is 2. The van der Waals surface area contributed by atoms with Gasteiger partial charge in [-0.25, -0.2) is 20.8 Å². The van der Waals surface area contributed by atoms with Crippen molar-refractivity contribution in [2.45, 2.75) is 48.4 Å². The average molecular weight is 705 g/mol. The molecule has 0 aliphatic carbocycles. The Bertz CT molecular complexity index is 1610. The van der Waals surface area contributed by atoms with E-state index in [1.807, 2.05) is 48.5 Å². The summed E-state index contributed by atoms with van der Waals surface area (Å²) in [5.41, 5.74) is 8.57. The van der Waals surface area contributed by atoms with E-state index in [9.17, 15) is 9.59 Å². The standard InChI is InChI=1S/C28H20N6O2.2C4H9.Sn/c35-27(21-7-3-1-4-8-21)33-29-17-23-15-13-19-11-12-20-14-16-24(32-26(20)25(19)31-23)18-30-34-28(36)22-9-5-2-6-10-22;2*1-3-4-2;/h1-18H,(H,33,35)(H,34,36);2*1,3-4H2,2H3;. The number of nitrogens with zero attached hydrogens (tertiary/aromatic N) is 4. The Hall–Kier alpha value is -4.44. The molecule has 0 aliphatic rings. The number of hydrogen-bond donors (Lipinski definition) is 2. The number of fused-ring (bicyclic) bond motifs is 3. The first-order valence-corrected chi connectivity index (χ1v) is 19.3. The molecule has 9 heteroatoms. The first kappa shape index (κ1) is 33.5. The van der Waals surface area contributed by atoms with Crippen LogP contribution >= 0.6 is 0 Å². The molecule has 45 heavy (non-hydrogen) atoms. The maximum absolute atomic E-state index is 12.2. The van der Waals surface area contributed by atoms with Crippen LogP contribution in [-0.4, -0.2) is 55.4 Å². The normalized spacial score (nSPS) is 11.1. The molecule has 0 spiro atoms. The quantitative estimate of drug-likeness (QED) is 0.0463. The van der Waals surface area contributed by atoms with Crippen molar-refractivity contribution >= 4 is 67.2 Å².